The van der Waals surface area contributed by atoms with E-state index in [9.17, 15) is 0 Å². The van der Waals surface area contributed by atoms with Crippen LogP contribution in [0.2, 0.25) is 0 Å². The molecule has 0 spiro atoms. The van der Waals surface area contributed by atoms with Crippen LogP contribution in [0.25, 0.3) is 0 Å². The third-order valence-corrected chi connectivity index (χ3v) is 0.433. The van der Waals surface area contributed by atoms with Gasteiger partial charge in [0.25, 0.3) is 0 Å². The van der Waals surface area contributed by atoms with Crippen LogP contribution in [-0.4, -0.2) is 5.60 Å². The van der Waals surface area contributed by atoms with E-state index in [2.05, 4.69) is 11.8 Å². The van der Waals surface area contributed by atoms with Gasteiger partial charge in [0, 0.05) is 5.60 Å². The van der Waals surface area contributed by atoms with E-state index < -0.39 is 0 Å². The summed E-state index contributed by atoms with van der Waals surface area (Å²) >= 11 is 0. The van der Waals surface area contributed by atoms with Gasteiger partial charge in [-0.25, -0.2) is 7.11 Å². The second-order valence-corrected chi connectivity index (χ2v) is 2.26. The molecule has 0 rings (SSSR count). The van der Waals surface area contributed by atoms with Crippen molar-refractivity contribution in [2.45, 2.75) is 26.4 Å². The fraction of sp³-hybridized carbons (Fsp3) is 0.800. The van der Waals surface area contributed by atoms with Crippen molar-refractivity contribution in [3.63, 3.8) is 0 Å². The monoisotopic (exact) mass is 126 g/mol. The molecule has 0 saturated heterocycles. The van der Waals surface area contributed by atoms with E-state index in [-0.39, 0.29) is 57.0 Å². The smallest absolute Gasteiger partial charge is 0.551 e. The zero-order valence-corrected chi connectivity index (χ0v) is 8.74. The molecule has 0 aromatic rings. The SMILES string of the molecule is [CH2-]OC(C)(C)C.[K+]. The molecule has 0 atom stereocenters. The zero-order chi connectivity index (χ0) is 5.21. The molecular weight excluding hydrogens is 115 g/mol. The summed E-state index contributed by atoms with van der Waals surface area (Å²) < 4.78 is 4.69. The summed E-state index contributed by atoms with van der Waals surface area (Å²) in [4.78, 5) is 0. The molecule has 7 heavy (non-hydrogen) atoms. The largest absolute Gasteiger partial charge is 1.00 e. The van der Waals surface area contributed by atoms with Crippen LogP contribution in [0, 0.1) is 7.11 Å². The van der Waals surface area contributed by atoms with Crippen molar-refractivity contribution in [1.29, 1.82) is 0 Å². The molecule has 1 nitrogen and oxygen atoms in total. The molecule has 0 amide bonds. The van der Waals surface area contributed by atoms with Crippen molar-refractivity contribution in [3.05, 3.63) is 7.11 Å². The van der Waals surface area contributed by atoms with Gasteiger partial charge < -0.3 is 4.74 Å². The molecule has 2 heteroatoms. The van der Waals surface area contributed by atoms with E-state index in [0.717, 1.165) is 0 Å². The van der Waals surface area contributed by atoms with Crippen molar-refractivity contribution in [2.24, 2.45) is 0 Å². The molecule has 0 radical (unpaired) electrons. The Kier molecular flexibility index (Phi) is 7.28. The van der Waals surface area contributed by atoms with E-state index in [1.54, 1.807) is 0 Å². The predicted molar refractivity (Wildman–Crippen MR) is 26.2 cm³/mol. The van der Waals surface area contributed by atoms with Crippen molar-refractivity contribution in [2.75, 3.05) is 0 Å². The minimum Gasteiger partial charge on any atom is -0.551 e. The van der Waals surface area contributed by atoms with Gasteiger partial charge in [-0.1, -0.05) is 0 Å². The van der Waals surface area contributed by atoms with Gasteiger partial charge >= 0.3 is 51.4 Å². The van der Waals surface area contributed by atoms with Crippen molar-refractivity contribution < 1.29 is 56.1 Å². The molecule has 0 aliphatic heterocycles. The van der Waals surface area contributed by atoms with Gasteiger partial charge in [0.05, 0.1) is 0 Å². The summed E-state index contributed by atoms with van der Waals surface area (Å²) in [6, 6.07) is 0. The fourth-order valence-electron chi connectivity index (χ4n) is 0. The Balaban J connectivity index is 0. The Hall–Kier alpha value is 1.60. The molecule has 38 valence electrons. The van der Waals surface area contributed by atoms with Crippen LogP contribution in [0.15, 0.2) is 0 Å². The minimum atomic E-state index is -0.0694. The second-order valence-electron chi connectivity index (χ2n) is 2.26. The third kappa shape index (κ3) is 11.3. The summed E-state index contributed by atoms with van der Waals surface area (Å²) in [5.41, 5.74) is -0.0694. The molecule has 0 saturated carbocycles. The fourth-order valence-corrected chi connectivity index (χ4v) is 0. The summed E-state index contributed by atoms with van der Waals surface area (Å²) in [7, 11) is 3.26. The first-order valence-corrected chi connectivity index (χ1v) is 1.99. The van der Waals surface area contributed by atoms with Crippen LogP contribution in [0.3, 0.4) is 0 Å². The van der Waals surface area contributed by atoms with Gasteiger partial charge in [-0.2, -0.15) is 0 Å². The Morgan fingerprint density at radius 3 is 1.43 bits per heavy atom. The van der Waals surface area contributed by atoms with Gasteiger partial charge in [0.2, 0.25) is 0 Å². The first-order chi connectivity index (χ1) is 2.56. The average Bonchev–Trinajstić information content (AvgIpc) is 1.35. The van der Waals surface area contributed by atoms with Crippen LogP contribution in [0.4, 0.5) is 0 Å². The molecule has 0 aliphatic carbocycles. The van der Waals surface area contributed by atoms with Crippen LogP contribution < -0.4 is 51.4 Å². The maximum Gasteiger partial charge on any atom is 1.00 e. The number of hydrogen-bond donors (Lipinski definition) is 0. The molecule has 0 N–H and O–H groups in total. The zero-order valence-electron chi connectivity index (χ0n) is 5.62. The van der Waals surface area contributed by atoms with Crippen molar-refractivity contribution >= 4 is 0 Å². The number of rotatable bonds is 0. The second kappa shape index (κ2) is 4.47. The van der Waals surface area contributed by atoms with Gasteiger partial charge in [-0.05, 0) is 20.8 Å². The number of ether oxygens (including phenoxy) is 1. The van der Waals surface area contributed by atoms with Crippen LogP contribution in [0.1, 0.15) is 20.8 Å². The first-order valence-electron chi connectivity index (χ1n) is 1.99. The minimum absolute atomic E-state index is 0. The first kappa shape index (κ1) is 11.4. The van der Waals surface area contributed by atoms with E-state index in [1.807, 2.05) is 20.8 Å². The van der Waals surface area contributed by atoms with Gasteiger partial charge in [0.1, 0.15) is 0 Å². The van der Waals surface area contributed by atoms with Crippen LogP contribution >= 0.6 is 0 Å². The maximum absolute atomic E-state index is 4.69. The maximum atomic E-state index is 4.69. The summed E-state index contributed by atoms with van der Waals surface area (Å²) in [5.74, 6) is 0. The van der Waals surface area contributed by atoms with Gasteiger partial charge in [0.15, 0.2) is 0 Å². The van der Waals surface area contributed by atoms with Crippen LogP contribution in [-0.2, 0) is 4.74 Å². The molecule has 0 unspecified atom stereocenters. The summed E-state index contributed by atoms with van der Waals surface area (Å²) in [6.45, 7) is 5.88. The van der Waals surface area contributed by atoms with Gasteiger partial charge in [-0.3, -0.25) is 0 Å². The average molecular weight is 126 g/mol. The molecule has 0 heterocycles. The summed E-state index contributed by atoms with van der Waals surface area (Å²) in [5, 5.41) is 0. The number of hydrogen-bond acceptors (Lipinski definition) is 1. The Morgan fingerprint density at radius 2 is 1.43 bits per heavy atom. The van der Waals surface area contributed by atoms with E-state index in [0.29, 0.717) is 0 Å². The Morgan fingerprint density at radius 1 is 1.29 bits per heavy atom. The van der Waals surface area contributed by atoms with Crippen molar-refractivity contribution in [3.8, 4) is 0 Å². The third-order valence-electron chi connectivity index (χ3n) is 0.433. The molecule has 0 aromatic heterocycles. The Labute approximate surface area is 88.2 Å². The van der Waals surface area contributed by atoms with Crippen LogP contribution in [0.5, 0.6) is 0 Å². The topological polar surface area (TPSA) is 9.23 Å². The normalized spacial score (nSPS) is 10.3. The molecule has 0 aromatic carbocycles. The van der Waals surface area contributed by atoms with Crippen molar-refractivity contribution in [1.82, 2.24) is 0 Å². The Bertz CT molecular complexity index is 37.8. The quantitative estimate of drug-likeness (QED) is 0.286. The van der Waals surface area contributed by atoms with E-state index >= 15 is 0 Å². The summed E-state index contributed by atoms with van der Waals surface area (Å²) in [6.07, 6.45) is 0. The predicted octanol–water partition coefficient (Wildman–Crippen LogP) is -1.40. The molecular formula is C5H11KO. The van der Waals surface area contributed by atoms with E-state index in [1.165, 1.54) is 0 Å². The standard InChI is InChI=1S/C5H11O.K/c1-5(2,3)6-4;/h4H2,1-3H3;/q-1;+1. The molecule has 0 fully saturated rings. The molecule has 0 aliphatic rings. The van der Waals surface area contributed by atoms with Gasteiger partial charge in [-0.15, -0.1) is 0 Å². The van der Waals surface area contributed by atoms with E-state index in [4.69, 9.17) is 0 Å². The molecule has 0 bridgehead atoms.